The van der Waals surface area contributed by atoms with Crippen LogP contribution in [0.5, 0.6) is 5.75 Å². The summed E-state index contributed by atoms with van der Waals surface area (Å²) in [6.07, 6.45) is 2.15. The summed E-state index contributed by atoms with van der Waals surface area (Å²) in [4.78, 5) is 15.1. The number of methoxy groups -OCH3 is 1. The number of fused-ring (bicyclic) bond motifs is 1. The lowest BCUT2D eigenvalue weighted by Gasteiger charge is -2.11. The number of hydrogen-bond donors (Lipinski definition) is 2. The molecular weight excluding hydrogens is 228 g/mol. The highest BCUT2D eigenvalue weighted by molar-refractivity contribution is 5.84. The molecular formula is C14H16N2O2. The lowest BCUT2D eigenvalue weighted by molar-refractivity contribution is 0.419. The molecule has 1 aromatic carbocycles. The second kappa shape index (κ2) is 4.46. The molecule has 3 rings (SSSR count). The molecule has 0 aliphatic carbocycles. The molecule has 2 aromatic rings. The largest absolute Gasteiger partial charge is 0.495 e. The molecule has 2 heterocycles. The monoisotopic (exact) mass is 244 g/mol. The van der Waals surface area contributed by atoms with Crippen molar-refractivity contribution in [2.75, 3.05) is 13.7 Å². The summed E-state index contributed by atoms with van der Waals surface area (Å²) < 4.78 is 5.26. The van der Waals surface area contributed by atoms with Gasteiger partial charge in [-0.2, -0.15) is 0 Å². The molecule has 0 spiro atoms. The van der Waals surface area contributed by atoms with E-state index < -0.39 is 0 Å². The first kappa shape index (κ1) is 11.3. The fraction of sp³-hybridized carbons (Fsp3) is 0.357. The maximum absolute atomic E-state index is 12.1. The summed E-state index contributed by atoms with van der Waals surface area (Å²) in [6, 6.07) is 7.94. The number of ether oxygens (including phenoxy) is 1. The summed E-state index contributed by atoms with van der Waals surface area (Å²) in [7, 11) is 1.61. The second-order valence-electron chi connectivity index (χ2n) is 4.63. The third-order valence-corrected chi connectivity index (χ3v) is 3.53. The van der Waals surface area contributed by atoms with Crippen molar-refractivity contribution in [1.82, 2.24) is 10.3 Å². The van der Waals surface area contributed by atoms with Crippen LogP contribution in [0.4, 0.5) is 0 Å². The standard InChI is InChI=1S/C14H16N2O2/c1-18-12-6-2-4-9-8-10(11-5-3-7-15-11)14(17)16-13(9)12/h2,4,6,8,11,15H,3,5,7H2,1H3,(H,16,17). The fourth-order valence-corrected chi connectivity index (χ4v) is 2.60. The van der Waals surface area contributed by atoms with E-state index in [1.807, 2.05) is 24.3 Å². The Morgan fingerprint density at radius 1 is 1.39 bits per heavy atom. The highest BCUT2D eigenvalue weighted by Gasteiger charge is 2.19. The number of benzene rings is 1. The first-order chi connectivity index (χ1) is 8.79. The van der Waals surface area contributed by atoms with Gasteiger partial charge < -0.3 is 15.0 Å². The van der Waals surface area contributed by atoms with Gasteiger partial charge in [-0.15, -0.1) is 0 Å². The van der Waals surface area contributed by atoms with Crippen LogP contribution in [0, 0.1) is 0 Å². The fourth-order valence-electron chi connectivity index (χ4n) is 2.60. The van der Waals surface area contributed by atoms with E-state index in [1.54, 1.807) is 7.11 Å². The van der Waals surface area contributed by atoms with Gasteiger partial charge in [0.25, 0.3) is 5.56 Å². The molecule has 1 aromatic heterocycles. The van der Waals surface area contributed by atoms with E-state index in [0.29, 0.717) is 5.75 Å². The van der Waals surface area contributed by atoms with Crippen molar-refractivity contribution < 1.29 is 4.74 Å². The van der Waals surface area contributed by atoms with Crippen molar-refractivity contribution in [2.24, 2.45) is 0 Å². The predicted molar refractivity (Wildman–Crippen MR) is 71.1 cm³/mol. The van der Waals surface area contributed by atoms with Crippen molar-refractivity contribution >= 4 is 10.9 Å². The molecule has 0 radical (unpaired) electrons. The van der Waals surface area contributed by atoms with Crippen LogP contribution in [-0.2, 0) is 0 Å². The highest BCUT2D eigenvalue weighted by atomic mass is 16.5. The number of H-pyrrole nitrogens is 1. The minimum absolute atomic E-state index is 0.0219. The quantitative estimate of drug-likeness (QED) is 0.849. The minimum Gasteiger partial charge on any atom is -0.495 e. The SMILES string of the molecule is COc1cccc2cc(C3CCCN3)c(=O)[nH]c12. The normalized spacial score (nSPS) is 19.3. The topological polar surface area (TPSA) is 54.1 Å². The minimum atomic E-state index is -0.0219. The number of hydrogen-bond acceptors (Lipinski definition) is 3. The van der Waals surface area contributed by atoms with Gasteiger partial charge in [0, 0.05) is 17.0 Å². The molecule has 1 aliphatic rings. The van der Waals surface area contributed by atoms with Crippen molar-refractivity contribution in [3.05, 3.63) is 40.2 Å². The third kappa shape index (κ3) is 1.78. The molecule has 4 heteroatoms. The Bertz CT molecular complexity index is 627. The van der Waals surface area contributed by atoms with Crippen molar-refractivity contribution in [1.29, 1.82) is 0 Å². The van der Waals surface area contributed by atoms with E-state index in [2.05, 4.69) is 10.3 Å². The van der Waals surface area contributed by atoms with Crippen LogP contribution in [0.2, 0.25) is 0 Å². The Hall–Kier alpha value is -1.81. The molecule has 94 valence electrons. The van der Waals surface area contributed by atoms with Crippen LogP contribution in [0.3, 0.4) is 0 Å². The smallest absolute Gasteiger partial charge is 0.253 e. The number of nitrogens with one attached hydrogen (secondary N) is 2. The Labute approximate surface area is 105 Å². The van der Waals surface area contributed by atoms with Crippen LogP contribution in [0.15, 0.2) is 29.1 Å². The summed E-state index contributed by atoms with van der Waals surface area (Å²) in [6.45, 7) is 0.986. The average Bonchev–Trinajstić information content (AvgIpc) is 2.91. The number of pyridine rings is 1. The Kier molecular flexibility index (Phi) is 2.80. The summed E-state index contributed by atoms with van der Waals surface area (Å²) in [5.41, 5.74) is 1.58. The lowest BCUT2D eigenvalue weighted by atomic mass is 10.0. The van der Waals surface area contributed by atoms with Crippen molar-refractivity contribution in [2.45, 2.75) is 18.9 Å². The van der Waals surface area contributed by atoms with Gasteiger partial charge in [-0.25, -0.2) is 0 Å². The number of para-hydroxylation sites is 1. The van der Waals surface area contributed by atoms with E-state index in [9.17, 15) is 4.79 Å². The van der Waals surface area contributed by atoms with Gasteiger partial charge >= 0.3 is 0 Å². The zero-order valence-corrected chi connectivity index (χ0v) is 10.3. The molecule has 18 heavy (non-hydrogen) atoms. The lowest BCUT2D eigenvalue weighted by Crippen LogP contribution is -2.22. The first-order valence-electron chi connectivity index (χ1n) is 6.23. The van der Waals surface area contributed by atoms with E-state index in [-0.39, 0.29) is 11.6 Å². The van der Waals surface area contributed by atoms with Crippen LogP contribution in [0.25, 0.3) is 10.9 Å². The van der Waals surface area contributed by atoms with E-state index in [0.717, 1.165) is 35.9 Å². The molecule has 4 nitrogen and oxygen atoms in total. The van der Waals surface area contributed by atoms with Gasteiger partial charge in [-0.1, -0.05) is 12.1 Å². The predicted octanol–water partition coefficient (Wildman–Crippen LogP) is 1.96. The zero-order valence-electron chi connectivity index (χ0n) is 10.3. The van der Waals surface area contributed by atoms with Crippen LogP contribution < -0.4 is 15.6 Å². The van der Waals surface area contributed by atoms with E-state index in [4.69, 9.17) is 4.74 Å². The van der Waals surface area contributed by atoms with Crippen molar-refractivity contribution in [3.8, 4) is 5.75 Å². The molecule has 1 fully saturated rings. The van der Waals surface area contributed by atoms with Crippen LogP contribution >= 0.6 is 0 Å². The third-order valence-electron chi connectivity index (χ3n) is 3.53. The Morgan fingerprint density at radius 3 is 3.00 bits per heavy atom. The van der Waals surface area contributed by atoms with Gasteiger partial charge in [0.2, 0.25) is 0 Å². The van der Waals surface area contributed by atoms with Gasteiger partial charge in [-0.3, -0.25) is 4.79 Å². The second-order valence-corrected chi connectivity index (χ2v) is 4.63. The summed E-state index contributed by atoms with van der Waals surface area (Å²) >= 11 is 0. The Morgan fingerprint density at radius 2 is 2.28 bits per heavy atom. The maximum Gasteiger partial charge on any atom is 0.253 e. The molecule has 0 amide bonds. The van der Waals surface area contributed by atoms with Gasteiger partial charge in [-0.05, 0) is 31.5 Å². The van der Waals surface area contributed by atoms with Gasteiger partial charge in [0.15, 0.2) is 0 Å². The molecule has 1 unspecified atom stereocenters. The van der Waals surface area contributed by atoms with Gasteiger partial charge in [0.1, 0.15) is 5.75 Å². The van der Waals surface area contributed by atoms with Crippen molar-refractivity contribution in [3.63, 3.8) is 0 Å². The molecule has 0 bridgehead atoms. The zero-order chi connectivity index (χ0) is 12.5. The summed E-state index contributed by atoms with van der Waals surface area (Å²) in [5.74, 6) is 0.704. The summed E-state index contributed by atoms with van der Waals surface area (Å²) in [5, 5.41) is 4.37. The van der Waals surface area contributed by atoms with Crippen LogP contribution in [-0.4, -0.2) is 18.6 Å². The van der Waals surface area contributed by atoms with Crippen LogP contribution in [0.1, 0.15) is 24.4 Å². The van der Waals surface area contributed by atoms with Gasteiger partial charge in [0.05, 0.1) is 12.6 Å². The number of aromatic amines is 1. The first-order valence-corrected chi connectivity index (χ1v) is 6.23. The Balaban J connectivity index is 2.18. The molecule has 1 aliphatic heterocycles. The average molecular weight is 244 g/mol. The molecule has 1 atom stereocenters. The highest BCUT2D eigenvalue weighted by Crippen LogP contribution is 2.26. The van der Waals surface area contributed by atoms with E-state index in [1.165, 1.54) is 0 Å². The number of rotatable bonds is 2. The number of aromatic nitrogens is 1. The van der Waals surface area contributed by atoms with E-state index >= 15 is 0 Å². The molecule has 0 saturated carbocycles. The molecule has 2 N–H and O–H groups in total. The maximum atomic E-state index is 12.1. The molecule has 1 saturated heterocycles.